The van der Waals surface area contributed by atoms with Gasteiger partial charge in [-0.05, 0) is 19.1 Å². The molecule has 0 saturated heterocycles. The van der Waals surface area contributed by atoms with E-state index in [4.69, 9.17) is 11.6 Å². The average molecular weight is 199 g/mol. The van der Waals surface area contributed by atoms with E-state index in [1.54, 1.807) is 18.3 Å². The zero-order chi connectivity index (χ0) is 10.3. The van der Waals surface area contributed by atoms with Crippen LogP contribution in [0.5, 0.6) is 0 Å². The molecule has 0 atom stereocenters. The van der Waals surface area contributed by atoms with Gasteiger partial charge in [0.15, 0.2) is 0 Å². The molecule has 0 aliphatic rings. The highest BCUT2D eigenvalue weighted by atomic mass is 35.5. The maximum absolute atomic E-state index is 5.64. The zero-order valence-corrected chi connectivity index (χ0v) is 9.02. The Labute approximate surface area is 84.6 Å². The molecule has 72 valence electrons. The van der Waals surface area contributed by atoms with Crippen molar-refractivity contribution in [3.8, 4) is 0 Å². The number of allylic oxidation sites excluding steroid dienone is 1. The summed E-state index contributed by atoms with van der Waals surface area (Å²) < 4.78 is 0. The van der Waals surface area contributed by atoms with Gasteiger partial charge in [-0.15, -0.1) is 0 Å². The lowest BCUT2D eigenvalue weighted by Gasteiger charge is -2.02. The highest BCUT2D eigenvalue weighted by Crippen LogP contribution is 2.10. The first-order valence-corrected chi connectivity index (χ1v) is 4.60. The van der Waals surface area contributed by atoms with E-state index in [0.29, 0.717) is 5.02 Å². The van der Waals surface area contributed by atoms with E-state index in [1.807, 2.05) is 20.8 Å². The Balaban J connectivity index is 0.000000671. The first-order valence-electron chi connectivity index (χ1n) is 4.22. The van der Waals surface area contributed by atoms with E-state index in [1.165, 1.54) is 0 Å². The molecule has 0 aromatic carbocycles. The molecular formula is C10H15ClN2. The molecule has 0 amide bonds. The van der Waals surface area contributed by atoms with Gasteiger partial charge >= 0.3 is 0 Å². The van der Waals surface area contributed by atoms with Crippen molar-refractivity contribution in [2.24, 2.45) is 0 Å². The molecule has 1 aromatic rings. The number of pyridine rings is 1. The van der Waals surface area contributed by atoms with Gasteiger partial charge in [0.05, 0.1) is 5.02 Å². The Hall–Kier alpha value is -1.02. The molecule has 0 radical (unpaired) electrons. The fourth-order valence-electron chi connectivity index (χ4n) is 0.668. The summed E-state index contributed by atoms with van der Waals surface area (Å²) in [7, 11) is 0. The molecule has 0 aliphatic carbocycles. The Bertz CT molecular complexity index is 254. The van der Waals surface area contributed by atoms with Crippen molar-refractivity contribution in [2.45, 2.75) is 20.8 Å². The van der Waals surface area contributed by atoms with Gasteiger partial charge in [-0.25, -0.2) is 4.98 Å². The normalized spacial score (nSPS) is 8.31. The van der Waals surface area contributed by atoms with E-state index in [0.717, 1.165) is 11.5 Å². The van der Waals surface area contributed by atoms with E-state index in [9.17, 15) is 0 Å². The summed E-state index contributed by atoms with van der Waals surface area (Å²) in [5, 5.41) is 3.60. The van der Waals surface area contributed by atoms with Gasteiger partial charge in [-0.2, -0.15) is 0 Å². The zero-order valence-electron chi connectivity index (χ0n) is 8.26. The van der Waals surface area contributed by atoms with Crippen LogP contribution in [0, 0.1) is 0 Å². The summed E-state index contributed by atoms with van der Waals surface area (Å²) >= 11 is 5.64. The van der Waals surface area contributed by atoms with Gasteiger partial charge in [0.25, 0.3) is 0 Å². The Kier molecular flexibility index (Phi) is 5.98. The van der Waals surface area contributed by atoms with Crippen LogP contribution in [0.3, 0.4) is 0 Å². The second-order valence-corrected chi connectivity index (χ2v) is 2.70. The highest BCUT2D eigenvalue weighted by molar-refractivity contribution is 6.30. The van der Waals surface area contributed by atoms with Crippen LogP contribution in [-0.4, -0.2) is 4.98 Å². The first kappa shape index (κ1) is 12.0. The number of hydrogen-bond acceptors (Lipinski definition) is 2. The first-order chi connectivity index (χ1) is 6.18. The van der Waals surface area contributed by atoms with Gasteiger partial charge in [0, 0.05) is 11.9 Å². The third kappa shape index (κ3) is 5.26. The van der Waals surface area contributed by atoms with Crippen molar-refractivity contribution in [1.82, 2.24) is 4.98 Å². The molecule has 0 aliphatic heterocycles. The van der Waals surface area contributed by atoms with Gasteiger partial charge < -0.3 is 5.32 Å². The quantitative estimate of drug-likeness (QED) is 0.784. The largest absolute Gasteiger partial charge is 0.345 e. The van der Waals surface area contributed by atoms with Gasteiger partial charge in [0.2, 0.25) is 0 Å². The third-order valence-corrected chi connectivity index (χ3v) is 1.29. The van der Waals surface area contributed by atoms with Gasteiger partial charge in [-0.3, -0.25) is 0 Å². The molecule has 1 heterocycles. The topological polar surface area (TPSA) is 24.9 Å². The minimum atomic E-state index is 0.636. The predicted octanol–water partition coefficient (Wildman–Crippen LogP) is 3.71. The SMILES string of the molecule is C=C(C)Nc1ccc(Cl)cn1.CC. The molecule has 0 bridgehead atoms. The highest BCUT2D eigenvalue weighted by Gasteiger charge is 1.91. The molecule has 13 heavy (non-hydrogen) atoms. The van der Waals surface area contributed by atoms with Gasteiger partial charge in [0.1, 0.15) is 5.82 Å². The van der Waals surface area contributed by atoms with E-state index < -0.39 is 0 Å². The summed E-state index contributed by atoms with van der Waals surface area (Å²) in [6.45, 7) is 9.56. The average Bonchev–Trinajstić information content (AvgIpc) is 2.12. The predicted molar refractivity (Wildman–Crippen MR) is 59.0 cm³/mol. The molecule has 0 fully saturated rings. The third-order valence-electron chi connectivity index (χ3n) is 1.07. The smallest absolute Gasteiger partial charge is 0.130 e. The molecule has 0 spiro atoms. The number of rotatable bonds is 2. The van der Waals surface area contributed by atoms with Crippen molar-refractivity contribution in [3.63, 3.8) is 0 Å². The lowest BCUT2D eigenvalue weighted by atomic mass is 10.4. The van der Waals surface area contributed by atoms with Crippen LogP contribution in [0.2, 0.25) is 5.02 Å². The lowest BCUT2D eigenvalue weighted by Crippen LogP contribution is -1.95. The standard InChI is InChI=1S/C8H9ClN2.C2H6/c1-6(2)11-8-4-3-7(9)5-10-8;1-2/h3-5H,1H2,2H3,(H,10,11);1-2H3. The number of nitrogens with zero attached hydrogens (tertiary/aromatic N) is 1. The summed E-state index contributed by atoms with van der Waals surface area (Å²) in [6, 6.07) is 3.58. The van der Waals surface area contributed by atoms with Crippen molar-refractivity contribution in [3.05, 3.63) is 35.6 Å². The van der Waals surface area contributed by atoms with Crippen LogP contribution in [0.25, 0.3) is 0 Å². The van der Waals surface area contributed by atoms with Crippen LogP contribution in [0.4, 0.5) is 5.82 Å². The number of anilines is 1. The van der Waals surface area contributed by atoms with Crippen LogP contribution >= 0.6 is 11.6 Å². The van der Waals surface area contributed by atoms with Crippen molar-refractivity contribution in [2.75, 3.05) is 5.32 Å². The fourth-order valence-corrected chi connectivity index (χ4v) is 0.780. The second kappa shape index (κ2) is 6.49. The van der Waals surface area contributed by atoms with E-state index >= 15 is 0 Å². The molecular weight excluding hydrogens is 184 g/mol. The molecule has 2 nitrogen and oxygen atoms in total. The monoisotopic (exact) mass is 198 g/mol. The van der Waals surface area contributed by atoms with Crippen LogP contribution in [0.15, 0.2) is 30.6 Å². The van der Waals surface area contributed by atoms with Crippen molar-refractivity contribution >= 4 is 17.4 Å². The lowest BCUT2D eigenvalue weighted by molar-refractivity contribution is 1.26. The Morgan fingerprint density at radius 3 is 2.46 bits per heavy atom. The maximum atomic E-state index is 5.64. The van der Waals surface area contributed by atoms with Crippen molar-refractivity contribution in [1.29, 1.82) is 0 Å². The van der Waals surface area contributed by atoms with Crippen molar-refractivity contribution < 1.29 is 0 Å². The summed E-state index contributed by atoms with van der Waals surface area (Å²) in [4.78, 5) is 4.01. The fraction of sp³-hybridized carbons (Fsp3) is 0.300. The number of hydrogen-bond donors (Lipinski definition) is 1. The minimum absolute atomic E-state index is 0.636. The molecule has 0 saturated carbocycles. The maximum Gasteiger partial charge on any atom is 0.130 e. The minimum Gasteiger partial charge on any atom is -0.345 e. The molecule has 3 heteroatoms. The second-order valence-electron chi connectivity index (χ2n) is 2.27. The molecule has 0 unspecified atom stereocenters. The summed E-state index contributed by atoms with van der Waals surface area (Å²) in [6.07, 6.45) is 1.59. The number of halogens is 1. The Morgan fingerprint density at radius 1 is 1.46 bits per heavy atom. The van der Waals surface area contributed by atoms with Crippen LogP contribution < -0.4 is 5.32 Å². The van der Waals surface area contributed by atoms with E-state index in [2.05, 4.69) is 16.9 Å². The van der Waals surface area contributed by atoms with Gasteiger partial charge in [-0.1, -0.05) is 32.0 Å². The summed E-state index contributed by atoms with van der Waals surface area (Å²) in [5.41, 5.74) is 0.861. The van der Waals surface area contributed by atoms with E-state index in [-0.39, 0.29) is 0 Å². The molecule has 1 rings (SSSR count). The summed E-state index contributed by atoms with van der Waals surface area (Å²) in [5.74, 6) is 0.766. The van der Waals surface area contributed by atoms with Crippen LogP contribution in [0.1, 0.15) is 20.8 Å². The van der Waals surface area contributed by atoms with Crippen LogP contribution in [-0.2, 0) is 0 Å². The number of aromatic nitrogens is 1. The number of nitrogens with one attached hydrogen (secondary N) is 1. The Morgan fingerprint density at radius 2 is 2.08 bits per heavy atom. The molecule has 1 N–H and O–H groups in total. The molecule has 1 aromatic heterocycles.